The molecule has 0 heterocycles. The molecule has 3 unspecified atom stereocenters. The topological polar surface area (TPSA) is 30.5 Å². The normalized spacial score (nSPS) is 28.9. The molecule has 1 fully saturated rings. The molecule has 1 aliphatic rings. The highest BCUT2D eigenvalue weighted by atomic mass is 79.9. The Labute approximate surface area is 130 Å². The second kappa shape index (κ2) is 6.35. The van der Waals surface area contributed by atoms with E-state index in [1.54, 1.807) is 7.11 Å². The summed E-state index contributed by atoms with van der Waals surface area (Å²) in [5, 5.41) is 3.63. The van der Waals surface area contributed by atoms with Crippen LogP contribution in [0.5, 0.6) is 5.75 Å². The van der Waals surface area contributed by atoms with Crippen molar-refractivity contribution in [3.8, 4) is 5.75 Å². The van der Waals surface area contributed by atoms with Crippen molar-refractivity contribution < 1.29 is 9.47 Å². The maximum Gasteiger partial charge on any atom is 0.142 e. The second-order valence-corrected chi connectivity index (χ2v) is 6.50. The van der Waals surface area contributed by atoms with Crippen LogP contribution in [0, 0.1) is 5.41 Å². The van der Waals surface area contributed by atoms with Gasteiger partial charge in [-0.3, -0.25) is 0 Å². The number of anilines is 1. The Bertz CT molecular complexity index is 466. The summed E-state index contributed by atoms with van der Waals surface area (Å²) in [6, 6.07) is 6.47. The molecule has 1 aromatic rings. The van der Waals surface area contributed by atoms with Crippen LogP contribution in [0.15, 0.2) is 22.7 Å². The Morgan fingerprint density at radius 1 is 1.40 bits per heavy atom. The quantitative estimate of drug-likeness (QED) is 0.828. The van der Waals surface area contributed by atoms with Crippen LogP contribution >= 0.6 is 15.9 Å². The average Bonchev–Trinajstić information content (AvgIpc) is 2.45. The Morgan fingerprint density at radius 3 is 2.75 bits per heavy atom. The van der Waals surface area contributed by atoms with Gasteiger partial charge in [-0.1, -0.05) is 29.8 Å². The summed E-state index contributed by atoms with van der Waals surface area (Å²) >= 11 is 3.52. The molecule has 2 rings (SSSR count). The van der Waals surface area contributed by atoms with Gasteiger partial charge in [0.1, 0.15) is 5.75 Å². The predicted molar refractivity (Wildman–Crippen MR) is 86.5 cm³/mol. The Kier molecular flexibility index (Phi) is 4.97. The molecular weight excluding hydrogens is 318 g/mol. The molecule has 1 aromatic carbocycles. The van der Waals surface area contributed by atoms with Crippen molar-refractivity contribution in [2.75, 3.05) is 19.0 Å². The molecule has 1 saturated carbocycles. The predicted octanol–water partition coefficient (Wildman–Crippen LogP) is 4.46. The van der Waals surface area contributed by atoms with E-state index in [-0.39, 0.29) is 5.41 Å². The van der Waals surface area contributed by atoms with Crippen LogP contribution in [-0.2, 0) is 4.74 Å². The summed E-state index contributed by atoms with van der Waals surface area (Å²) in [7, 11) is 1.71. The monoisotopic (exact) mass is 341 g/mol. The van der Waals surface area contributed by atoms with Crippen LogP contribution in [0.2, 0.25) is 0 Å². The van der Waals surface area contributed by atoms with Crippen molar-refractivity contribution >= 4 is 21.6 Å². The smallest absolute Gasteiger partial charge is 0.142 e. The van der Waals surface area contributed by atoms with E-state index in [2.05, 4.69) is 48.1 Å². The summed E-state index contributed by atoms with van der Waals surface area (Å²) in [6.07, 6.45) is 2.51. The van der Waals surface area contributed by atoms with Crippen molar-refractivity contribution in [3.63, 3.8) is 0 Å². The molecule has 3 nitrogen and oxygen atoms in total. The number of halogens is 1. The van der Waals surface area contributed by atoms with Crippen molar-refractivity contribution in [1.29, 1.82) is 0 Å². The molecule has 4 heteroatoms. The van der Waals surface area contributed by atoms with Gasteiger partial charge in [0.25, 0.3) is 0 Å². The van der Waals surface area contributed by atoms with Gasteiger partial charge in [0.2, 0.25) is 0 Å². The van der Waals surface area contributed by atoms with E-state index in [1.165, 1.54) is 0 Å². The maximum absolute atomic E-state index is 5.85. The molecule has 20 heavy (non-hydrogen) atoms. The SMILES string of the molecule is CCOC1CC(Nc2cc(Br)ccc2OC)C1(C)CC. The van der Waals surface area contributed by atoms with Crippen molar-refractivity contribution in [2.24, 2.45) is 5.41 Å². The average molecular weight is 342 g/mol. The minimum absolute atomic E-state index is 0.184. The first-order valence-corrected chi connectivity index (χ1v) is 8.06. The zero-order valence-electron chi connectivity index (χ0n) is 12.7. The highest BCUT2D eigenvalue weighted by Gasteiger charge is 2.51. The molecule has 1 aliphatic carbocycles. The van der Waals surface area contributed by atoms with Crippen molar-refractivity contribution in [1.82, 2.24) is 0 Å². The number of rotatable bonds is 6. The molecule has 0 aromatic heterocycles. The van der Waals surface area contributed by atoms with E-state index < -0.39 is 0 Å². The minimum atomic E-state index is 0.184. The molecule has 0 saturated heterocycles. The first-order valence-electron chi connectivity index (χ1n) is 7.26. The van der Waals surface area contributed by atoms with Gasteiger partial charge in [0, 0.05) is 22.5 Å². The second-order valence-electron chi connectivity index (χ2n) is 5.58. The summed E-state index contributed by atoms with van der Waals surface area (Å²) in [4.78, 5) is 0. The summed E-state index contributed by atoms with van der Waals surface area (Å²) < 4.78 is 12.3. The number of ether oxygens (including phenoxy) is 2. The highest BCUT2D eigenvalue weighted by Crippen LogP contribution is 2.48. The van der Waals surface area contributed by atoms with Crippen LogP contribution in [0.25, 0.3) is 0 Å². The first-order chi connectivity index (χ1) is 9.55. The van der Waals surface area contributed by atoms with Gasteiger partial charge in [0.05, 0.1) is 18.9 Å². The van der Waals surface area contributed by atoms with E-state index in [0.29, 0.717) is 12.1 Å². The van der Waals surface area contributed by atoms with Gasteiger partial charge in [-0.25, -0.2) is 0 Å². The van der Waals surface area contributed by atoms with E-state index >= 15 is 0 Å². The summed E-state index contributed by atoms with van der Waals surface area (Å²) in [5.74, 6) is 0.881. The van der Waals surface area contributed by atoms with E-state index in [4.69, 9.17) is 9.47 Å². The largest absolute Gasteiger partial charge is 0.495 e. The van der Waals surface area contributed by atoms with E-state index in [1.807, 2.05) is 12.1 Å². The van der Waals surface area contributed by atoms with Crippen LogP contribution in [0.1, 0.15) is 33.6 Å². The number of benzene rings is 1. The van der Waals surface area contributed by atoms with E-state index in [0.717, 1.165) is 35.4 Å². The van der Waals surface area contributed by atoms with Gasteiger partial charge < -0.3 is 14.8 Å². The minimum Gasteiger partial charge on any atom is -0.495 e. The fourth-order valence-electron chi connectivity index (χ4n) is 2.95. The number of nitrogens with one attached hydrogen (secondary N) is 1. The first kappa shape index (κ1) is 15.6. The fourth-order valence-corrected chi connectivity index (χ4v) is 3.32. The molecule has 0 amide bonds. The number of hydrogen-bond donors (Lipinski definition) is 1. The zero-order valence-corrected chi connectivity index (χ0v) is 14.3. The number of methoxy groups -OCH3 is 1. The van der Waals surface area contributed by atoms with E-state index in [9.17, 15) is 0 Å². The van der Waals surface area contributed by atoms with Gasteiger partial charge in [-0.05, 0) is 38.0 Å². The Morgan fingerprint density at radius 2 is 2.15 bits per heavy atom. The highest BCUT2D eigenvalue weighted by molar-refractivity contribution is 9.10. The third-order valence-electron chi connectivity index (χ3n) is 4.60. The summed E-state index contributed by atoms with van der Waals surface area (Å²) in [5.41, 5.74) is 1.23. The third-order valence-corrected chi connectivity index (χ3v) is 5.10. The fraction of sp³-hybridized carbons (Fsp3) is 0.625. The molecule has 1 N–H and O–H groups in total. The summed E-state index contributed by atoms with van der Waals surface area (Å²) in [6.45, 7) is 7.39. The molecule has 0 aliphatic heterocycles. The Hall–Kier alpha value is -0.740. The standard InChI is InChI=1S/C16H24BrNO2/c1-5-16(3)14(10-15(16)20-6-2)18-12-9-11(17)7-8-13(12)19-4/h7-9,14-15,18H,5-6,10H2,1-4H3. The lowest BCUT2D eigenvalue weighted by Gasteiger charge is -2.54. The molecule has 0 spiro atoms. The zero-order chi connectivity index (χ0) is 14.8. The third kappa shape index (κ3) is 2.82. The molecular formula is C16H24BrNO2. The molecule has 0 bridgehead atoms. The van der Waals surface area contributed by atoms with Crippen LogP contribution < -0.4 is 10.1 Å². The Balaban J connectivity index is 2.13. The lowest BCUT2D eigenvalue weighted by molar-refractivity contribution is -0.109. The van der Waals surface area contributed by atoms with Gasteiger partial charge in [-0.15, -0.1) is 0 Å². The molecule has 0 radical (unpaired) electrons. The van der Waals surface area contributed by atoms with Gasteiger partial charge in [0.15, 0.2) is 0 Å². The molecule has 3 atom stereocenters. The van der Waals surface area contributed by atoms with Crippen molar-refractivity contribution in [2.45, 2.75) is 45.8 Å². The van der Waals surface area contributed by atoms with Crippen molar-refractivity contribution in [3.05, 3.63) is 22.7 Å². The number of hydrogen-bond acceptors (Lipinski definition) is 3. The van der Waals surface area contributed by atoms with Crippen LogP contribution in [-0.4, -0.2) is 25.9 Å². The van der Waals surface area contributed by atoms with Crippen LogP contribution in [0.3, 0.4) is 0 Å². The maximum atomic E-state index is 5.85. The van der Waals surface area contributed by atoms with Crippen LogP contribution in [0.4, 0.5) is 5.69 Å². The lowest BCUT2D eigenvalue weighted by atomic mass is 9.61. The van der Waals surface area contributed by atoms with Gasteiger partial charge in [-0.2, -0.15) is 0 Å². The lowest BCUT2D eigenvalue weighted by Crippen LogP contribution is -2.59. The van der Waals surface area contributed by atoms with Gasteiger partial charge >= 0.3 is 0 Å². The molecule has 112 valence electrons.